The van der Waals surface area contributed by atoms with Gasteiger partial charge in [-0.3, -0.25) is 9.59 Å². The molecule has 31 heavy (non-hydrogen) atoms. The summed E-state index contributed by atoms with van der Waals surface area (Å²) in [5, 5.41) is 2.80. The number of ketones is 1. The maximum Gasteiger partial charge on any atom is 0.243 e. The summed E-state index contributed by atoms with van der Waals surface area (Å²) in [6, 6.07) is 11.1. The van der Waals surface area contributed by atoms with Crippen molar-refractivity contribution in [2.45, 2.75) is 24.7 Å². The Kier molecular flexibility index (Phi) is 6.97. The molecule has 0 aliphatic carbocycles. The van der Waals surface area contributed by atoms with Crippen molar-refractivity contribution in [2.24, 2.45) is 5.92 Å². The van der Waals surface area contributed by atoms with Gasteiger partial charge in [-0.05, 0) is 44.0 Å². The van der Waals surface area contributed by atoms with Gasteiger partial charge in [0.25, 0.3) is 0 Å². The summed E-state index contributed by atoms with van der Waals surface area (Å²) in [5.74, 6) is -0.108. The number of carbonyl (C=O) groups is 2. The topological polar surface area (TPSA) is 102 Å². The molecule has 1 fully saturated rings. The third-order valence-corrected chi connectivity index (χ3v) is 7.15. The summed E-state index contributed by atoms with van der Waals surface area (Å²) in [5.41, 5.74) is 1.01. The van der Waals surface area contributed by atoms with E-state index in [2.05, 4.69) is 5.32 Å². The molecule has 1 aliphatic rings. The second-order valence-electron chi connectivity index (χ2n) is 7.35. The molecule has 0 radical (unpaired) electrons. The molecule has 1 amide bonds. The fourth-order valence-electron chi connectivity index (χ4n) is 3.56. The number of anilines is 1. The number of methoxy groups -OCH3 is 2. The van der Waals surface area contributed by atoms with E-state index in [1.54, 1.807) is 30.3 Å². The fraction of sp³-hybridized carbons (Fsp3) is 0.364. The number of amides is 1. The van der Waals surface area contributed by atoms with Gasteiger partial charge < -0.3 is 14.8 Å². The van der Waals surface area contributed by atoms with E-state index < -0.39 is 15.9 Å². The molecular weight excluding hydrogens is 420 g/mol. The van der Waals surface area contributed by atoms with Gasteiger partial charge in [-0.25, -0.2) is 8.42 Å². The summed E-state index contributed by atoms with van der Waals surface area (Å²) in [6.45, 7) is 1.87. The molecular formula is C22H26N2O6S. The van der Waals surface area contributed by atoms with E-state index in [1.165, 1.54) is 37.6 Å². The monoisotopic (exact) mass is 446 g/mol. The first-order chi connectivity index (χ1) is 14.8. The summed E-state index contributed by atoms with van der Waals surface area (Å²) in [6.07, 6.45) is 1.15. The summed E-state index contributed by atoms with van der Waals surface area (Å²) in [4.78, 5) is 24.4. The van der Waals surface area contributed by atoms with E-state index >= 15 is 0 Å². The molecule has 3 rings (SSSR count). The van der Waals surface area contributed by atoms with Gasteiger partial charge in [0.15, 0.2) is 17.3 Å². The lowest BCUT2D eigenvalue weighted by molar-refractivity contribution is -0.120. The van der Waals surface area contributed by atoms with E-state index in [0.29, 0.717) is 42.1 Å². The zero-order valence-electron chi connectivity index (χ0n) is 17.8. The Balaban J connectivity index is 1.75. The minimum absolute atomic E-state index is 0.0783. The first kappa shape index (κ1) is 22.8. The maximum atomic E-state index is 13.2. The van der Waals surface area contributed by atoms with Crippen LogP contribution < -0.4 is 14.8 Å². The van der Waals surface area contributed by atoms with Gasteiger partial charge in [-0.1, -0.05) is 12.1 Å². The van der Waals surface area contributed by atoms with Crippen LogP contribution in [0.4, 0.5) is 5.69 Å². The number of Topliss-reactive ketones (excluding diaryl/α,β-unsaturated/α-hetero) is 1. The highest BCUT2D eigenvalue weighted by atomic mass is 32.2. The van der Waals surface area contributed by atoms with E-state index in [0.717, 1.165) is 0 Å². The molecule has 0 bridgehead atoms. The van der Waals surface area contributed by atoms with Crippen molar-refractivity contribution in [3.05, 3.63) is 48.0 Å². The highest BCUT2D eigenvalue weighted by Crippen LogP contribution is 2.32. The van der Waals surface area contributed by atoms with Crippen molar-refractivity contribution in [1.29, 1.82) is 0 Å². The first-order valence-corrected chi connectivity index (χ1v) is 11.3. The Bertz CT molecular complexity index is 1080. The van der Waals surface area contributed by atoms with E-state index in [9.17, 15) is 18.0 Å². The highest BCUT2D eigenvalue weighted by molar-refractivity contribution is 7.89. The Morgan fingerprint density at radius 2 is 1.81 bits per heavy atom. The molecule has 0 saturated carbocycles. The minimum atomic E-state index is -3.80. The number of rotatable bonds is 7. The molecule has 9 heteroatoms. The largest absolute Gasteiger partial charge is 0.493 e. The van der Waals surface area contributed by atoms with Crippen LogP contribution in [-0.2, 0) is 14.8 Å². The standard InChI is InChI=1S/C22H26N2O6S/c1-15(25)16-6-4-8-18(12-16)23-22(26)17-7-5-11-24(14-17)31(27,28)19-9-10-20(29-2)21(13-19)30-3/h4,6,8-10,12-13,17H,5,7,11,14H2,1-3H3,(H,23,26)/t17-/m1/s1. The van der Waals surface area contributed by atoms with Crippen LogP contribution in [0.3, 0.4) is 0 Å². The third-order valence-electron chi connectivity index (χ3n) is 5.28. The number of carbonyl (C=O) groups excluding carboxylic acids is 2. The predicted molar refractivity (Wildman–Crippen MR) is 116 cm³/mol. The molecule has 1 saturated heterocycles. The number of hydrogen-bond acceptors (Lipinski definition) is 6. The SMILES string of the molecule is COc1ccc(S(=O)(=O)N2CCC[C@@H](C(=O)Nc3cccc(C(C)=O)c3)C2)cc1OC. The molecule has 166 valence electrons. The Morgan fingerprint density at radius 3 is 2.48 bits per heavy atom. The van der Waals surface area contributed by atoms with Gasteiger partial charge >= 0.3 is 0 Å². The maximum absolute atomic E-state index is 13.2. The van der Waals surface area contributed by atoms with Gasteiger partial charge in [0.05, 0.1) is 25.0 Å². The van der Waals surface area contributed by atoms with Crippen LogP contribution >= 0.6 is 0 Å². The lowest BCUT2D eigenvalue weighted by atomic mass is 9.98. The molecule has 2 aromatic rings. The molecule has 0 unspecified atom stereocenters. The summed E-state index contributed by atoms with van der Waals surface area (Å²) in [7, 11) is -0.884. The van der Waals surface area contributed by atoms with Crippen molar-refractivity contribution in [1.82, 2.24) is 4.31 Å². The lowest BCUT2D eigenvalue weighted by Gasteiger charge is -2.31. The zero-order chi connectivity index (χ0) is 22.6. The Morgan fingerprint density at radius 1 is 1.06 bits per heavy atom. The average molecular weight is 447 g/mol. The molecule has 1 aliphatic heterocycles. The van der Waals surface area contributed by atoms with Crippen molar-refractivity contribution >= 4 is 27.4 Å². The van der Waals surface area contributed by atoms with Crippen LogP contribution in [-0.4, -0.2) is 51.7 Å². The van der Waals surface area contributed by atoms with Crippen LogP contribution in [0.25, 0.3) is 0 Å². The number of piperidine rings is 1. The van der Waals surface area contributed by atoms with Crippen LogP contribution in [0.2, 0.25) is 0 Å². The quantitative estimate of drug-likeness (QED) is 0.656. The molecule has 2 aromatic carbocycles. The van der Waals surface area contributed by atoms with Crippen molar-refractivity contribution in [3.8, 4) is 11.5 Å². The van der Waals surface area contributed by atoms with E-state index in [4.69, 9.17) is 9.47 Å². The normalized spacial score (nSPS) is 17.1. The summed E-state index contributed by atoms with van der Waals surface area (Å²) < 4.78 is 38.0. The molecule has 1 heterocycles. The van der Waals surface area contributed by atoms with Gasteiger partial charge in [0.2, 0.25) is 15.9 Å². The molecule has 8 nitrogen and oxygen atoms in total. The Labute approximate surface area is 182 Å². The zero-order valence-corrected chi connectivity index (χ0v) is 18.6. The van der Waals surface area contributed by atoms with Crippen molar-refractivity contribution in [3.63, 3.8) is 0 Å². The molecule has 0 spiro atoms. The van der Waals surface area contributed by atoms with Crippen LogP contribution in [0.15, 0.2) is 47.4 Å². The van der Waals surface area contributed by atoms with Crippen molar-refractivity contribution in [2.75, 3.05) is 32.6 Å². The molecule has 0 aromatic heterocycles. The van der Waals surface area contributed by atoms with Crippen molar-refractivity contribution < 1.29 is 27.5 Å². The number of hydrogen-bond donors (Lipinski definition) is 1. The second kappa shape index (κ2) is 9.49. The van der Waals surface area contributed by atoms with E-state index in [1.807, 2.05) is 0 Å². The van der Waals surface area contributed by atoms with Gasteiger partial charge in [0, 0.05) is 30.4 Å². The first-order valence-electron chi connectivity index (χ1n) is 9.90. The van der Waals surface area contributed by atoms with Crippen LogP contribution in [0, 0.1) is 5.92 Å². The van der Waals surface area contributed by atoms with Gasteiger partial charge in [-0.2, -0.15) is 4.31 Å². The number of nitrogens with zero attached hydrogens (tertiary/aromatic N) is 1. The highest BCUT2D eigenvalue weighted by Gasteiger charge is 2.33. The number of nitrogens with one attached hydrogen (secondary N) is 1. The molecule has 1 N–H and O–H groups in total. The third kappa shape index (κ3) is 5.05. The fourth-order valence-corrected chi connectivity index (χ4v) is 5.10. The van der Waals surface area contributed by atoms with Gasteiger partial charge in [-0.15, -0.1) is 0 Å². The molecule has 1 atom stereocenters. The van der Waals surface area contributed by atoms with Crippen LogP contribution in [0.5, 0.6) is 11.5 Å². The second-order valence-corrected chi connectivity index (χ2v) is 9.28. The average Bonchev–Trinajstić information content (AvgIpc) is 2.78. The minimum Gasteiger partial charge on any atom is -0.493 e. The lowest BCUT2D eigenvalue weighted by Crippen LogP contribution is -2.43. The predicted octanol–water partition coefficient (Wildman–Crippen LogP) is 2.95. The number of benzene rings is 2. The van der Waals surface area contributed by atoms with E-state index in [-0.39, 0.29) is 23.1 Å². The van der Waals surface area contributed by atoms with Crippen LogP contribution in [0.1, 0.15) is 30.1 Å². The number of ether oxygens (including phenoxy) is 2. The summed E-state index contributed by atoms with van der Waals surface area (Å²) >= 11 is 0. The smallest absolute Gasteiger partial charge is 0.243 e. The Hall–Kier alpha value is -2.91. The van der Waals surface area contributed by atoms with Gasteiger partial charge in [0.1, 0.15) is 0 Å². The number of sulfonamides is 1.